The maximum atomic E-state index is 6.38. The van der Waals surface area contributed by atoms with Crippen molar-refractivity contribution in [3.05, 3.63) is 67.6 Å². The smallest absolute Gasteiger partial charge is 0.143 e. The molecule has 4 nitrogen and oxygen atoms in total. The van der Waals surface area contributed by atoms with E-state index < -0.39 is 0 Å². The highest BCUT2D eigenvalue weighted by atomic mass is 35.5. The van der Waals surface area contributed by atoms with Crippen LogP contribution in [0.25, 0.3) is 0 Å². The van der Waals surface area contributed by atoms with Gasteiger partial charge in [0.2, 0.25) is 0 Å². The number of halogens is 1. The number of thiophene rings is 2. The van der Waals surface area contributed by atoms with Crippen LogP contribution in [0.3, 0.4) is 0 Å². The number of pyridine rings is 1. The molecule has 1 N–H and O–H groups in total. The number of nitrogens with one attached hydrogen (secondary N) is 1. The summed E-state index contributed by atoms with van der Waals surface area (Å²) >= 11 is 9.62. The van der Waals surface area contributed by atoms with Gasteiger partial charge in [0.15, 0.2) is 0 Å². The molecule has 3 aromatic heterocycles. The minimum Gasteiger partial charge on any atom is -0.326 e. The van der Waals surface area contributed by atoms with Gasteiger partial charge in [-0.25, -0.2) is 4.98 Å². The number of aliphatic imine (C=N–C) groups is 2. The van der Waals surface area contributed by atoms with E-state index in [-0.39, 0.29) is 6.04 Å². The van der Waals surface area contributed by atoms with Crippen molar-refractivity contribution in [1.82, 2.24) is 4.98 Å². The molecule has 7 heteroatoms. The standard InChI is InChI=1S/C17H13ClN4S2/c1-19-17-14(15-11(18)6-9-24-15)21-13(12-5-3-8-23-12)10-4-2-7-20-16(10)22-17/h2-9,14H,1H3,(H,19,20,22). The van der Waals surface area contributed by atoms with E-state index in [2.05, 4.69) is 21.4 Å². The van der Waals surface area contributed by atoms with E-state index >= 15 is 0 Å². The van der Waals surface area contributed by atoms with Crippen LogP contribution in [0.5, 0.6) is 0 Å². The number of fused-ring (bicyclic) bond motifs is 1. The average molecular weight is 373 g/mol. The van der Waals surface area contributed by atoms with Gasteiger partial charge in [-0.1, -0.05) is 17.7 Å². The molecule has 1 aliphatic rings. The summed E-state index contributed by atoms with van der Waals surface area (Å²) in [6.45, 7) is 0. The zero-order valence-electron chi connectivity index (χ0n) is 12.7. The van der Waals surface area contributed by atoms with Crippen LogP contribution in [0.4, 0.5) is 5.82 Å². The predicted molar refractivity (Wildman–Crippen MR) is 103 cm³/mol. The highest BCUT2D eigenvalue weighted by Gasteiger charge is 2.28. The first kappa shape index (κ1) is 15.5. The van der Waals surface area contributed by atoms with Gasteiger partial charge in [-0.15, -0.1) is 22.7 Å². The molecule has 120 valence electrons. The van der Waals surface area contributed by atoms with Crippen molar-refractivity contribution in [2.75, 3.05) is 12.4 Å². The molecule has 4 heterocycles. The number of anilines is 1. The topological polar surface area (TPSA) is 49.6 Å². The van der Waals surface area contributed by atoms with E-state index in [1.165, 1.54) is 0 Å². The number of aromatic nitrogens is 1. The predicted octanol–water partition coefficient (Wildman–Crippen LogP) is 4.89. The Labute approximate surface area is 152 Å². The molecule has 1 atom stereocenters. The molecule has 0 amide bonds. The van der Waals surface area contributed by atoms with E-state index in [0.717, 1.165) is 32.7 Å². The van der Waals surface area contributed by atoms with E-state index in [4.69, 9.17) is 16.6 Å². The van der Waals surface area contributed by atoms with Gasteiger partial charge in [0, 0.05) is 18.8 Å². The van der Waals surface area contributed by atoms with Crippen molar-refractivity contribution in [3.8, 4) is 0 Å². The third-order valence-corrected chi connectivity index (χ3v) is 6.00. The number of hydrogen-bond acceptors (Lipinski definition) is 5. The van der Waals surface area contributed by atoms with Gasteiger partial charge in [0.25, 0.3) is 0 Å². The number of rotatable bonds is 2. The van der Waals surface area contributed by atoms with Crippen molar-refractivity contribution in [2.45, 2.75) is 6.04 Å². The van der Waals surface area contributed by atoms with Crippen LogP contribution in [0.15, 0.2) is 57.3 Å². The van der Waals surface area contributed by atoms with Crippen LogP contribution in [-0.2, 0) is 0 Å². The SMILES string of the molecule is CN=C1Nc2ncccc2C(c2cccs2)=NC1c1sccc1Cl. The van der Waals surface area contributed by atoms with Crippen molar-refractivity contribution in [2.24, 2.45) is 9.98 Å². The maximum absolute atomic E-state index is 6.38. The van der Waals surface area contributed by atoms with Crippen LogP contribution in [-0.4, -0.2) is 23.6 Å². The Morgan fingerprint density at radius 3 is 2.79 bits per heavy atom. The van der Waals surface area contributed by atoms with Gasteiger partial charge in [-0.05, 0) is 35.0 Å². The number of nitrogens with zero attached hydrogens (tertiary/aromatic N) is 3. The van der Waals surface area contributed by atoms with Crippen molar-refractivity contribution < 1.29 is 0 Å². The minimum atomic E-state index is -0.270. The molecule has 0 radical (unpaired) electrons. The number of hydrogen-bond donors (Lipinski definition) is 1. The zero-order chi connectivity index (χ0) is 16.5. The molecular formula is C17H13ClN4S2. The van der Waals surface area contributed by atoms with Crippen molar-refractivity contribution >= 4 is 51.6 Å². The lowest BCUT2D eigenvalue weighted by atomic mass is 10.1. The molecule has 1 unspecified atom stereocenters. The molecule has 3 aromatic rings. The largest absolute Gasteiger partial charge is 0.326 e. The lowest BCUT2D eigenvalue weighted by molar-refractivity contribution is 0.982. The average Bonchev–Trinajstić information content (AvgIpc) is 3.24. The molecule has 0 fully saturated rings. The molecule has 0 spiro atoms. The Bertz CT molecular complexity index is 928. The van der Waals surface area contributed by atoms with Gasteiger partial charge in [0.1, 0.15) is 17.7 Å². The molecule has 1 aliphatic heterocycles. The van der Waals surface area contributed by atoms with E-state index in [0.29, 0.717) is 5.02 Å². The van der Waals surface area contributed by atoms with Crippen LogP contribution >= 0.6 is 34.3 Å². The number of amidine groups is 1. The normalized spacial score (nSPS) is 18.7. The summed E-state index contributed by atoms with van der Waals surface area (Å²) in [5.41, 5.74) is 1.88. The molecule has 24 heavy (non-hydrogen) atoms. The lowest BCUT2D eigenvalue weighted by Crippen LogP contribution is -2.19. The van der Waals surface area contributed by atoms with Crippen LogP contribution in [0, 0.1) is 0 Å². The molecule has 4 rings (SSSR count). The second kappa shape index (κ2) is 6.47. The quantitative estimate of drug-likeness (QED) is 0.696. The van der Waals surface area contributed by atoms with Gasteiger partial charge in [-0.3, -0.25) is 9.98 Å². The fourth-order valence-electron chi connectivity index (χ4n) is 2.62. The van der Waals surface area contributed by atoms with Crippen LogP contribution in [0.1, 0.15) is 21.4 Å². The second-order valence-electron chi connectivity index (χ2n) is 5.12. The van der Waals surface area contributed by atoms with E-state index in [1.54, 1.807) is 35.9 Å². The molecule has 0 bridgehead atoms. The minimum absolute atomic E-state index is 0.270. The van der Waals surface area contributed by atoms with E-state index in [9.17, 15) is 0 Å². The molecular weight excluding hydrogens is 360 g/mol. The van der Waals surface area contributed by atoms with E-state index in [1.807, 2.05) is 35.0 Å². The highest BCUT2D eigenvalue weighted by molar-refractivity contribution is 7.12. The molecule has 0 aliphatic carbocycles. The van der Waals surface area contributed by atoms with Crippen molar-refractivity contribution in [1.29, 1.82) is 0 Å². The first-order valence-corrected chi connectivity index (χ1v) is 9.45. The molecule has 0 saturated heterocycles. The fourth-order valence-corrected chi connectivity index (χ4v) is 4.55. The van der Waals surface area contributed by atoms with Crippen molar-refractivity contribution in [3.63, 3.8) is 0 Å². The third-order valence-electron chi connectivity index (χ3n) is 3.72. The summed E-state index contributed by atoms with van der Waals surface area (Å²) in [5, 5.41) is 8.08. The van der Waals surface area contributed by atoms with Crippen LogP contribution < -0.4 is 5.32 Å². The van der Waals surface area contributed by atoms with Gasteiger partial charge in [-0.2, -0.15) is 0 Å². The lowest BCUT2D eigenvalue weighted by Gasteiger charge is -2.13. The Kier molecular flexibility index (Phi) is 4.18. The molecule has 0 aromatic carbocycles. The maximum Gasteiger partial charge on any atom is 0.143 e. The van der Waals surface area contributed by atoms with Gasteiger partial charge < -0.3 is 5.32 Å². The molecule has 0 saturated carbocycles. The highest BCUT2D eigenvalue weighted by Crippen LogP contribution is 2.36. The Hall–Kier alpha value is -2.02. The summed E-state index contributed by atoms with van der Waals surface area (Å²) in [4.78, 5) is 16.0. The summed E-state index contributed by atoms with van der Waals surface area (Å²) in [7, 11) is 1.76. The Morgan fingerprint density at radius 1 is 1.17 bits per heavy atom. The Balaban J connectivity index is 1.96. The summed E-state index contributed by atoms with van der Waals surface area (Å²) in [5.74, 6) is 1.51. The van der Waals surface area contributed by atoms with Crippen LogP contribution in [0.2, 0.25) is 5.02 Å². The Morgan fingerprint density at radius 2 is 2.08 bits per heavy atom. The van der Waals surface area contributed by atoms with Gasteiger partial charge in [0.05, 0.1) is 20.5 Å². The fraction of sp³-hybridized carbons (Fsp3) is 0.118. The second-order valence-corrected chi connectivity index (χ2v) is 7.43. The summed E-state index contributed by atoms with van der Waals surface area (Å²) in [6.07, 6.45) is 1.77. The third kappa shape index (κ3) is 2.66. The zero-order valence-corrected chi connectivity index (χ0v) is 15.1. The monoisotopic (exact) mass is 372 g/mol. The summed E-state index contributed by atoms with van der Waals surface area (Å²) in [6, 6.07) is 9.67. The first-order chi connectivity index (χ1) is 11.8. The first-order valence-electron chi connectivity index (χ1n) is 7.31. The summed E-state index contributed by atoms with van der Waals surface area (Å²) < 4.78 is 0. The van der Waals surface area contributed by atoms with Gasteiger partial charge >= 0.3 is 0 Å².